The lowest BCUT2D eigenvalue weighted by molar-refractivity contribution is -0.139. The lowest BCUT2D eigenvalue weighted by Gasteiger charge is -2.25. The molecule has 0 fully saturated rings. The van der Waals surface area contributed by atoms with Gasteiger partial charge in [0.05, 0.1) is 35.1 Å². The zero-order valence-electron chi connectivity index (χ0n) is 25.1. The molecule has 43 heavy (non-hydrogen) atoms. The molecular weight excluding hydrogens is 560 g/mol. The van der Waals surface area contributed by atoms with Gasteiger partial charge < -0.3 is 14.2 Å². The minimum atomic E-state index is -0.647. The maximum atomic E-state index is 14.0. The minimum absolute atomic E-state index is 0.224. The number of fused-ring (bicyclic) bond motifs is 1. The molecule has 1 aliphatic rings. The lowest BCUT2D eigenvalue weighted by atomic mass is 9.93. The molecule has 4 aromatic rings. The molecule has 1 aliphatic heterocycles. The summed E-state index contributed by atoms with van der Waals surface area (Å²) in [5.41, 5.74) is 4.54. The first-order valence-corrected chi connectivity index (χ1v) is 15.3. The number of allylic oxidation sites excluding steroid dienone is 1. The predicted molar refractivity (Wildman–Crippen MR) is 169 cm³/mol. The van der Waals surface area contributed by atoms with E-state index in [0.717, 1.165) is 16.7 Å². The maximum absolute atomic E-state index is 14.0. The fraction of sp³-hybridized carbons (Fsp3) is 0.286. The number of rotatable bonds is 10. The van der Waals surface area contributed by atoms with Crippen LogP contribution >= 0.6 is 11.3 Å². The monoisotopic (exact) mass is 596 g/mol. The Bertz CT molecular complexity index is 1820. The Morgan fingerprint density at radius 2 is 1.72 bits per heavy atom. The predicted octanol–water partition coefficient (Wildman–Crippen LogP) is 5.90. The molecule has 0 N–H and O–H groups in total. The highest BCUT2D eigenvalue weighted by Crippen LogP contribution is 2.32. The number of hydrogen-bond donors (Lipinski definition) is 0. The molecule has 0 saturated heterocycles. The Kier molecular flexibility index (Phi) is 9.26. The Labute approximate surface area is 255 Å². The number of thiazole rings is 1. The van der Waals surface area contributed by atoms with E-state index in [1.54, 1.807) is 18.4 Å². The van der Waals surface area contributed by atoms with E-state index in [0.29, 0.717) is 51.2 Å². The van der Waals surface area contributed by atoms with E-state index in [9.17, 15) is 9.59 Å². The number of aromatic nitrogens is 1. The van der Waals surface area contributed by atoms with E-state index in [-0.39, 0.29) is 12.2 Å². The molecule has 7 nitrogen and oxygen atoms in total. The van der Waals surface area contributed by atoms with Crippen LogP contribution in [0.4, 0.5) is 0 Å². The highest BCUT2D eigenvalue weighted by Gasteiger charge is 2.33. The molecule has 5 rings (SSSR count). The third kappa shape index (κ3) is 6.49. The number of ether oxygens (including phenoxy) is 3. The van der Waals surface area contributed by atoms with Gasteiger partial charge in [-0.1, -0.05) is 85.8 Å². The normalized spacial score (nSPS) is 14.8. The molecule has 0 unspecified atom stereocenters. The molecule has 0 saturated carbocycles. The molecular formula is C35H36N2O5S. The van der Waals surface area contributed by atoms with Gasteiger partial charge in [-0.2, -0.15) is 0 Å². The molecule has 8 heteroatoms. The van der Waals surface area contributed by atoms with Crippen molar-refractivity contribution in [2.75, 3.05) is 13.2 Å². The maximum Gasteiger partial charge on any atom is 0.338 e. The van der Waals surface area contributed by atoms with Crippen LogP contribution in [-0.4, -0.2) is 23.8 Å². The first kappa shape index (κ1) is 30.0. The van der Waals surface area contributed by atoms with E-state index in [1.807, 2.05) is 85.8 Å². The van der Waals surface area contributed by atoms with E-state index in [1.165, 1.54) is 16.9 Å². The van der Waals surface area contributed by atoms with Crippen molar-refractivity contribution in [3.8, 4) is 11.5 Å². The van der Waals surface area contributed by atoms with Crippen LogP contribution in [0.3, 0.4) is 0 Å². The van der Waals surface area contributed by atoms with E-state index in [2.05, 4.69) is 18.8 Å². The number of hydrogen-bond acceptors (Lipinski definition) is 7. The van der Waals surface area contributed by atoms with E-state index < -0.39 is 12.0 Å². The molecule has 2 heterocycles. The summed E-state index contributed by atoms with van der Waals surface area (Å²) in [4.78, 5) is 32.4. The zero-order chi connectivity index (χ0) is 30.5. The molecule has 0 amide bonds. The second-order valence-electron chi connectivity index (χ2n) is 10.5. The van der Waals surface area contributed by atoms with Crippen molar-refractivity contribution in [1.82, 2.24) is 4.57 Å². The molecule has 0 radical (unpaired) electrons. The van der Waals surface area contributed by atoms with Gasteiger partial charge in [-0.15, -0.1) is 0 Å². The van der Waals surface area contributed by atoms with Crippen LogP contribution in [0.15, 0.2) is 93.9 Å². The zero-order valence-corrected chi connectivity index (χ0v) is 25.9. The van der Waals surface area contributed by atoms with Gasteiger partial charge in [0.2, 0.25) is 0 Å². The summed E-state index contributed by atoms with van der Waals surface area (Å²) in [5.74, 6) is 1.12. The molecule has 1 atom stereocenters. The standard InChI is InChI=1S/C35H36N2O5S/c1-6-40-29-19-25(13-18-28(29)42-21-24-11-9-8-10-12-24)20-30-33(38)37-32(27-16-14-26(15-17-27)22(3)4)31(34(39)41-7-2)23(5)36-35(37)43-30/h8-20,22,32H,6-7,21H2,1-5H3/b30-20-/t32-/m0/s1. The van der Waals surface area contributed by atoms with Crippen molar-refractivity contribution in [2.24, 2.45) is 4.99 Å². The second-order valence-corrected chi connectivity index (χ2v) is 11.5. The first-order valence-electron chi connectivity index (χ1n) is 14.5. The van der Waals surface area contributed by atoms with Gasteiger partial charge in [-0.05, 0) is 67.2 Å². The quantitative estimate of drug-likeness (QED) is 0.213. The third-order valence-electron chi connectivity index (χ3n) is 7.24. The van der Waals surface area contributed by atoms with Crippen LogP contribution in [0.2, 0.25) is 0 Å². The van der Waals surface area contributed by atoms with Crippen LogP contribution in [0.1, 0.15) is 68.8 Å². The van der Waals surface area contributed by atoms with Gasteiger partial charge >= 0.3 is 5.97 Å². The van der Waals surface area contributed by atoms with Crippen molar-refractivity contribution in [1.29, 1.82) is 0 Å². The van der Waals surface area contributed by atoms with Gasteiger partial charge in [-0.25, -0.2) is 9.79 Å². The van der Waals surface area contributed by atoms with Crippen LogP contribution in [0, 0.1) is 0 Å². The summed E-state index contributed by atoms with van der Waals surface area (Å²) in [7, 11) is 0. The topological polar surface area (TPSA) is 79.1 Å². The third-order valence-corrected chi connectivity index (χ3v) is 8.22. The average molecular weight is 597 g/mol. The van der Waals surface area contributed by atoms with Crippen molar-refractivity contribution in [2.45, 2.75) is 53.2 Å². The number of benzene rings is 3. The lowest BCUT2D eigenvalue weighted by Crippen LogP contribution is -2.39. The largest absolute Gasteiger partial charge is 0.490 e. The molecule has 0 bridgehead atoms. The number of nitrogens with zero attached hydrogens (tertiary/aromatic N) is 2. The first-order chi connectivity index (χ1) is 20.8. The molecule has 0 aliphatic carbocycles. The summed E-state index contributed by atoms with van der Waals surface area (Å²) in [6, 6.07) is 23.0. The summed E-state index contributed by atoms with van der Waals surface area (Å²) in [6.45, 7) is 10.9. The Morgan fingerprint density at radius 1 is 0.977 bits per heavy atom. The number of esters is 1. The number of carbonyl (C=O) groups is 1. The van der Waals surface area contributed by atoms with Crippen LogP contribution < -0.4 is 24.4 Å². The fourth-order valence-corrected chi connectivity index (χ4v) is 6.11. The fourth-order valence-electron chi connectivity index (χ4n) is 5.06. The van der Waals surface area contributed by atoms with Crippen LogP contribution in [-0.2, 0) is 16.1 Å². The van der Waals surface area contributed by atoms with Gasteiger partial charge in [-0.3, -0.25) is 9.36 Å². The Morgan fingerprint density at radius 3 is 2.40 bits per heavy atom. The highest BCUT2D eigenvalue weighted by atomic mass is 32.1. The summed E-state index contributed by atoms with van der Waals surface area (Å²) >= 11 is 1.29. The van der Waals surface area contributed by atoms with Crippen molar-refractivity contribution in [3.05, 3.63) is 126 Å². The van der Waals surface area contributed by atoms with Crippen LogP contribution in [0.25, 0.3) is 6.08 Å². The average Bonchev–Trinajstić information content (AvgIpc) is 3.30. The molecule has 3 aromatic carbocycles. The molecule has 0 spiro atoms. The summed E-state index contributed by atoms with van der Waals surface area (Å²) in [5, 5.41) is 0. The van der Waals surface area contributed by atoms with E-state index in [4.69, 9.17) is 14.2 Å². The van der Waals surface area contributed by atoms with Crippen molar-refractivity contribution < 1.29 is 19.0 Å². The summed E-state index contributed by atoms with van der Waals surface area (Å²) in [6.07, 6.45) is 1.83. The van der Waals surface area contributed by atoms with Gasteiger partial charge in [0.25, 0.3) is 5.56 Å². The molecule has 1 aromatic heterocycles. The van der Waals surface area contributed by atoms with Gasteiger partial charge in [0, 0.05) is 0 Å². The summed E-state index contributed by atoms with van der Waals surface area (Å²) < 4.78 is 19.5. The van der Waals surface area contributed by atoms with Gasteiger partial charge in [0.15, 0.2) is 16.3 Å². The highest BCUT2D eigenvalue weighted by molar-refractivity contribution is 7.07. The Hall–Kier alpha value is -4.43. The number of carbonyl (C=O) groups excluding carboxylic acids is 1. The molecule has 222 valence electrons. The smallest absolute Gasteiger partial charge is 0.338 e. The van der Waals surface area contributed by atoms with Gasteiger partial charge in [0.1, 0.15) is 6.61 Å². The van der Waals surface area contributed by atoms with Crippen molar-refractivity contribution >= 4 is 23.4 Å². The minimum Gasteiger partial charge on any atom is -0.490 e. The second kappa shape index (κ2) is 13.3. The Balaban J connectivity index is 1.56. The van der Waals surface area contributed by atoms with Crippen molar-refractivity contribution in [3.63, 3.8) is 0 Å². The van der Waals surface area contributed by atoms with Crippen LogP contribution in [0.5, 0.6) is 11.5 Å². The van der Waals surface area contributed by atoms with E-state index >= 15 is 0 Å². The SMILES string of the molecule is CCOC(=O)C1=C(C)N=c2s/c(=C\c3ccc(OCc4ccccc4)c(OCC)c3)c(=O)n2[C@H]1c1ccc(C(C)C)cc1.